The lowest BCUT2D eigenvalue weighted by molar-refractivity contribution is -0.0627. The Kier molecular flexibility index (Phi) is 3.34. The standard InChI is InChI=1S/C13H16FN5O2/c1-2-21-13(5-20)4-8(3-9(13)14)19-7-18-10-11(15)16-6-17-12(10)19/h3,6-8,20H,2,4-5H2,1H3,(H2,15,16,17)/t8-,13+/m0/s1. The predicted molar refractivity (Wildman–Crippen MR) is 74.0 cm³/mol. The predicted octanol–water partition coefficient (Wildman–Crippen LogP) is 0.974. The highest BCUT2D eigenvalue weighted by Crippen LogP contribution is 2.41. The third-order valence-electron chi connectivity index (χ3n) is 3.73. The third-order valence-corrected chi connectivity index (χ3v) is 3.73. The van der Waals surface area contributed by atoms with E-state index in [2.05, 4.69) is 15.0 Å². The molecule has 0 aliphatic heterocycles. The van der Waals surface area contributed by atoms with Crippen LogP contribution < -0.4 is 5.73 Å². The van der Waals surface area contributed by atoms with Gasteiger partial charge in [-0.2, -0.15) is 0 Å². The van der Waals surface area contributed by atoms with Crippen molar-refractivity contribution in [2.45, 2.75) is 25.0 Å². The molecule has 3 rings (SSSR count). The zero-order valence-corrected chi connectivity index (χ0v) is 11.5. The lowest BCUT2D eigenvalue weighted by Crippen LogP contribution is -2.36. The average molecular weight is 293 g/mol. The average Bonchev–Trinajstić information content (AvgIpc) is 3.03. The number of hydrogen-bond acceptors (Lipinski definition) is 6. The molecule has 0 aromatic carbocycles. The van der Waals surface area contributed by atoms with Crippen molar-refractivity contribution >= 4 is 17.0 Å². The summed E-state index contributed by atoms with van der Waals surface area (Å²) in [4.78, 5) is 12.2. The first-order valence-electron chi connectivity index (χ1n) is 6.67. The van der Waals surface area contributed by atoms with Gasteiger partial charge in [0.2, 0.25) is 0 Å². The van der Waals surface area contributed by atoms with Crippen molar-refractivity contribution in [2.75, 3.05) is 18.9 Å². The molecular formula is C13H16FN5O2. The van der Waals surface area contributed by atoms with Gasteiger partial charge in [0.25, 0.3) is 0 Å². The van der Waals surface area contributed by atoms with E-state index in [1.54, 1.807) is 17.8 Å². The van der Waals surface area contributed by atoms with E-state index in [-0.39, 0.29) is 18.3 Å². The summed E-state index contributed by atoms with van der Waals surface area (Å²) in [6.45, 7) is 1.66. The zero-order chi connectivity index (χ0) is 15.0. The Morgan fingerprint density at radius 3 is 3.05 bits per heavy atom. The fourth-order valence-corrected chi connectivity index (χ4v) is 2.70. The number of anilines is 1. The number of nitrogens with zero attached hydrogens (tertiary/aromatic N) is 4. The molecule has 2 aromatic heterocycles. The summed E-state index contributed by atoms with van der Waals surface area (Å²) in [6, 6.07) is -0.344. The molecule has 0 radical (unpaired) electrons. The zero-order valence-electron chi connectivity index (χ0n) is 11.5. The number of allylic oxidation sites excluding steroid dienone is 1. The second kappa shape index (κ2) is 5.05. The molecule has 7 nitrogen and oxygen atoms in total. The Morgan fingerprint density at radius 2 is 2.33 bits per heavy atom. The fraction of sp³-hybridized carbons (Fsp3) is 0.462. The first-order valence-corrected chi connectivity index (χ1v) is 6.67. The van der Waals surface area contributed by atoms with Crippen LogP contribution in [0.3, 0.4) is 0 Å². The van der Waals surface area contributed by atoms with Gasteiger partial charge in [0.05, 0.1) is 19.0 Å². The minimum Gasteiger partial charge on any atom is -0.393 e. The minimum atomic E-state index is -1.28. The third kappa shape index (κ3) is 2.07. The van der Waals surface area contributed by atoms with Crippen LogP contribution in [0.2, 0.25) is 0 Å². The lowest BCUT2D eigenvalue weighted by Gasteiger charge is -2.27. The number of halogens is 1. The molecule has 0 bridgehead atoms. The van der Waals surface area contributed by atoms with Gasteiger partial charge in [-0.3, -0.25) is 0 Å². The molecule has 21 heavy (non-hydrogen) atoms. The number of imidazole rings is 1. The number of hydrogen-bond donors (Lipinski definition) is 2. The maximum atomic E-state index is 14.2. The molecule has 0 unspecified atom stereocenters. The molecule has 2 aromatic rings. The smallest absolute Gasteiger partial charge is 0.165 e. The number of aliphatic hydroxyl groups is 1. The van der Waals surface area contributed by atoms with Crippen LogP contribution in [-0.2, 0) is 4.74 Å². The van der Waals surface area contributed by atoms with Crippen molar-refractivity contribution in [1.82, 2.24) is 19.5 Å². The van der Waals surface area contributed by atoms with E-state index in [1.807, 2.05) is 0 Å². The second-order valence-electron chi connectivity index (χ2n) is 4.95. The first kappa shape index (κ1) is 13.9. The molecule has 2 heterocycles. The Morgan fingerprint density at radius 1 is 1.52 bits per heavy atom. The molecule has 1 aliphatic rings. The van der Waals surface area contributed by atoms with Gasteiger partial charge in [-0.25, -0.2) is 19.3 Å². The van der Waals surface area contributed by atoms with Crippen molar-refractivity contribution in [1.29, 1.82) is 0 Å². The van der Waals surface area contributed by atoms with Crippen LogP contribution in [0.15, 0.2) is 24.6 Å². The lowest BCUT2D eigenvalue weighted by atomic mass is 10.0. The van der Waals surface area contributed by atoms with E-state index in [0.717, 1.165) is 0 Å². The molecule has 8 heteroatoms. The molecule has 1 aliphatic carbocycles. The summed E-state index contributed by atoms with van der Waals surface area (Å²) >= 11 is 0. The summed E-state index contributed by atoms with van der Waals surface area (Å²) in [5.41, 5.74) is 5.46. The summed E-state index contributed by atoms with van der Waals surface area (Å²) in [5, 5.41) is 9.51. The Balaban J connectivity index is 2.00. The Hall–Kier alpha value is -2.06. The van der Waals surface area contributed by atoms with E-state index >= 15 is 0 Å². The minimum absolute atomic E-state index is 0.276. The monoisotopic (exact) mass is 293 g/mol. The van der Waals surface area contributed by atoms with Gasteiger partial charge in [-0.15, -0.1) is 0 Å². The van der Waals surface area contributed by atoms with Crippen molar-refractivity contribution in [3.63, 3.8) is 0 Å². The van der Waals surface area contributed by atoms with Gasteiger partial charge in [0.1, 0.15) is 23.3 Å². The van der Waals surface area contributed by atoms with E-state index < -0.39 is 18.0 Å². The maximum absolute atomic E-state index is 14.2. The number of fused-ring (bicyclic) bond motifs is 1. The molecule has 2 atom stereocenters. The van der Waals surface area contributed by atoms with Crippen LogP contribution in [0.4, 0.5) is 10.2 Å². The number of nitrogens with two attached hydrogens (primary N) is 1. The van der Waals surface area contributed by atoms with Crippen LogP contribution >= 0.6 is 0 Å². The van der Waals surface area contributed by atoms with Crippen LogP contribution in [0, 0.1) is 0 Å². The number of ether oxygens (including phenoxy) is 1. The summed E-state index contributed by atoms with van der Waals surface area (Å²) in [7, 11) is 0. The fourth-order valence-electron chi connectivity index (χ4n) is 2.70. The van der Waals surface area contributed by atoms with E-state index in [1.165, 1.54) is 12.4 Å². The number of aromatic nitrogens is 4. The number of nitrogen functional groups attached to an aromatic ring is 1. The topological polar surface area (TPSA) is 99.1 Å². The molecule has 0 saturated heterocycles. The molecule has 0 fully saturated rings. The van der Waals surface area contributed by atoms with Crippen molar-refractivity contribution < 1.29 is 14.2 Å². The normalized spacial score (nSPS) is 25.5. The highest BCUT2D eigenvalue weighted by Gasteiger charge is 2.44. The summed E-state index contributed by atoms with van der Waals surface area (Å²) in [5.74, 6) is -0.194. The van der Waals surface area contributed by atoms with Crippen LogP contribution in [0.1, 0.15) is 19.4 Å². The highest BCUT2D eigenvalue weighted by molar-refractivity contribution is 5.81. The Labute approximate surface area is 120 Å². The van der Waals surface area contributed by atoms with E-state index in [9.17, 15) is 9.50 Å². The molecule has 3 N–H and O–H groups in total. The molecule has 0 spiro atoms. The number of aliphatic hydroxyl groups excluding tert-OH is 1. The largest absolute Gasteiger partial charge is 0.393 e. The molecule has 0 saturated carbocycles. The molecular weight excluding hydrogens is 277 g/mol. The number of rotatable bonds is 4. The van der Waals surface area contributed by atoms with Gasteiger partial charge in [-0.1, -0.05) is 0 Å². The van der Waals surface area contributed by atoms with E-state index in [0.29, 0.717) is 17.8 Å². The quantitative estimate of drug-likeness (QED) is 0.871. The van der Waals surface area contributed by atoms with Crippen LogP contribution in [-0.4, -0.2) is 43.4 Å². The first-order chi connectivity index (χ1) is 10.1. The SMILES string of the molecule is CCO[C@@]1(CO)C[C@@H](n2cnc3c(N)ncnc32)C=C1F. The van der Waals surface area contributed by atoms with Gasteiger partial charge in [0, 0.05) is 13.0 Å². The highest BCUT2D eigenvalue weighted by atomic mass is 19.1. The maximum Gasteiger partial charge on any atom is 0.165 e. The van der Waals surface area contributed by atoms with Gasteiger partial charge >= 0.3 is 0 Å². The molecule has 112 valence electrons. The summed E-state index contributed by atoms with van der Waals surface area (Å²) in [6.07, 6.45) is 4.58. The second-order valence-corrected chi connectivity index (χ2v) is 4.95. The van der Waals surface area contributed by atoms with Crippen molar-refractivity contribution in [3.8, 4) is 0 Å². The van der Waals surface area contributed by atoms with Crippen LogP contribution in [0.25, 0.3) is 11.2 Å². The van der Waals surface area contributed by atoms with E-state index in [4.69, 9.17) is 10.5 Å². The van der Waals surface area contributed by atoms with Gasteiger partial charge in [-0.05, 0) is 13.0 Å². The van der Waals surface area contributed by atoms with Gasteiger partial charge < -0.3 is 20.1 Å². The van der Waals surface area contributed by atoms with Crippen LogP contribution in [0.5, 0.6) is 0 Å². The Bertz CT molecular complexity index is 701. The summed E-state index contributed by atoms with van der Waals surface area (Å²) < 4.78 is 21.4. The van der Waals surface area contributed by atoms with Crippen molar-refractivity contribution in [3.05, 3.63) is 24.6 Å². The molecule has 0 amide bonds. The van der Waals surface area contributed by atoms with Crippen molar-refractivity contribution in [2.24, 2.45) is 0 Å². The van der Waals surface area contributed by atoms with Gasteiger partial charge in [0.15, 0.2) is 11.5 Å².